The zero-order chi connectivity index (χ0) is 12.9. The molecule has 0 bridgehead atoms. The minimum Gasteiger partial charge on any atom is -0.470 e. The van der Waals surface area contributed by atoms with Crippen molar-refractivity contribution >= 4 is 55.4 Å². The molecule has 2 nitrogen and oxygen atoms in total. The molecule has 3 rings (SSSR count). The van der Waals surface area contributed by atoms with Gasteiger partial charge < -0.3 is 4.74 Å². The average molecular weight is 408 g/mol. The molecule has 0 aliphatic carbocycles. The van der Waals surface area contributed by atoms with E-state index in [0.29, 0.717) is 11.8 Å². The van der Waals surface area contributed by atoms with Gasteiger partial charge in [-0.05, 0) is 25.5 Å². The number of fused-ring (bicyclic) bond motifs is 3. The highest BCUT2D eigenvalue weighted by molar-refractivity contribution is 9.09. The van der Waals surface area contributed by atoms with Gasteiger partial charge in [0.25, 0.3) is 0 Å². The zero-order valence-corrected chi connectivity index (χ0v) is 14.7. The lowest BCUT2D eigenvalue weighted by molar-refractivity contribution is 0.218. The van der Waals surface area contributed by atoms with Gasteiger partial charge in [-0.3, -0.25) is 4.98 Å². The summed E-state index contributed by atoms with van der Waals surface area (Å²) in [4.78, 5) is 4.69. The molecular weight excluding hydrogens is 393 g/mol. The zero-order valence-electron chi connectivity index (χ0n) is 10.7. The van der Waals surface area contributed by atoms with Crippen LogP contribution in [0.2, 0.25) is 0 Å². The van der Waals surface area contributed by atoms with E-state index in [1.165, 1.54) is 0 Å². The Bertz CT molecular complexity index is 647. The van der Waals surface area contributed by atoms with Crippen molar-refractivity contribution in [1.82, 2.24) is 4.98 Å². The summed E-state index contributed by atoms with van der Waals surface area (Å²) in [5.41, 5.74) is 4.30. The molecule has 0 fully saturated rings. The second kappa shape index (κ2) is 5.23. The second-order valence-corrected chi connectivity index (χ2v) is 6.02. The van der Waals surface area contributed by atoms with Gasteiger partial charge in [0.15, 0.2) is 5.06 Å². The lowest BCUT2D eigenvalue weighted by atomic mass is 10.0. The summed E-state index contributed by atoms with van der Waals surface area (Å²) in [5, 5.41) is 0.981. The van der Waals surface area contributed by atoms with Crippen LogP contribution in [0.25, 0.3) is 10.9 Å². The lowest BCUT2D eigenvalue weighted by Gasteiger charge is -2.17. The van der Waals surface area contributed by atoms with Gasteiger partial charge in [0.05, 0.1) is 10.8 Å². The highest BCUT2D eigenvalue weighted by atomic mass is 79.9. The van der Waals surface area contributed by atoms with Crippen LogP contribution in [0.1, 0.15) is 16.8 Å². The average Bonchev–Trinajstić information content (AvgIpc) is 2.71. The van der Waals surface area contributed by atoms with Crippen molar-refractivity contribution in [1.29, 1.82) is 0 Å². The summed E-state index contributed by atoms with van der Waals surface area (Å²) in [6, 6.07) is 6.14. The third kappa shape index (κ3) is 2.39. The first-order valence-corrected chi connectivity index (χ1v) is 7.37. The number of benzene rings is 1. The molecule has 0 amide bonds. The van der Waals surface area contributed by atoms with Crippen molar-refractivity contribution in [3.8, 4) is 5.75 Å². The van der Waals surface area contributed by atoms with Gasteiger partial charge in [0.2, 0.25) is 0 Å². The van der Waals surface area contributed by atoms with Crippen molar-refractivity contribution < 1.29 is 4.74 Å². The molecule has 1 aliphatic rings. The van der Waals surface area contributed by atoms with Gasteiger partial charge in [-0.15, -0.1) is 17.0 Å². The van der Waals surface area contributed by atoms with Crippen molar-refractivity contribution in [3.63, 3.8) is 0 Å². The fourth-order valence-corrected chi connectivity index (χ4v) is 2.96. The smallest absolute Gasteiger partial charge is 0.196 e. The standard InChI is InChI=1S/C14H13BrClNO.BrH/c1-8-4-3-5-10-12(8)17-9(2)11-6-14(16,7-15)18-13(10)11;/h3-5H,6-7H2,1-2H3;1H. The minimum atomic E-state index is -0.674. The number of aromatic nitrogens is 1. The first-order valence-electron chi connectivity index (χ1n) is 5.87. The van der Waals surface area contributed by atoms with Gasteiger partial charge in [-0.2, -0.15) is 0 Å². The van der Waals surface area contributed by atoms with Gasteiger partial charge in [0, 0.05) is 23.1 Å². The van der Waals surface area contributed by atoms with Crippen molar-refractivity contribution in [2.24, 2.45) is 0 Å². The van der Waals surface area contributed by atoms with Crippen LogP contribution in [0.5, 0.6) is 5.75 Å². The topological polar surface area (TPSA) is 22.1 Å². The molecule has 1 aromatic heterocycles. The molecule has 1 atom stereocenters. The molecule has 5 heteroatoms. The van der Waals surface area contributed by atoms with Crippen molar-refractivity contribution in [3.05, 3.63) is 35.0 Å². The van der Waals surface area contributed by atoms with Gasteiger partial charge >= 0.3 is 0 Å². The SMILES string of the molecule is Br.Cc1nc2c(C)cccc2c2c1CC(Cl)(CBr)O2. The maximum Gasteiger partial charge on any atom is 0.196 e. The van der Waals surface area contributed by atoms with Crippen molar-refractivity contribution in [2.75, 3.05) is 5.33 Å². The molecule has 102 valence electrons. The van der Waals surface area contributed by atoms with E-state index in [9.17, 15) is 0 Å². The number of rotatable bonds is 1. The van der Waals surface area contributed by atoms with E-state index in [2.05, 4.69) is 28.9 Å². The van der Waals surface area contributed by atoms with Crippen LogP contribution in [-0.4, -0.2) is 15.4 Å². The molecule has 0 radical (unpaired) electrons. The normalized spacial score (nSPS) is 20.8. The third-order valence-electron chi connectivity index (χ3n) is 3.40. The second-order valence-electron chi connectivity index (χ2n) is 4.77. The number of hydrogen-bond donors (Lipinski definition) is 0. The minimum absolute atomic E-state index is 0. The number of pyridine rings is 1. The van der Waals surface area contributed by atoms with Crippen molar-refractivity contribution in [2.45, 2.75) is 25.3 Å². The quantitative estimate of drug-likeness (QED) is 0.640. The maximum absolute atomic E-state index is 6.44. The van der Waals surface area contributed by atoms with E-state index in [0.717, 1.165) is 33.5 Å². The summed E-state index contributed by atoms with van der Waals surface area (Å²) in [7, 11) is 0. The maximum atomic E-state index is 6.44. The predicted molar refractivity (Wildman–Crippen MR) is 88.2 cm³/mol. The Morgan fingerprint density at radius 2 is 2.16 bits per heavy atom. The number of aryl methyl sites for hydroxylation is 2. The Balaban J connectivity index is 0.00000133. The Morgan fingerprint density at radius 3 is 2.84 bits per heavy atom. The van der Waals surface area contributed by atoms with E-state index < -0.39 is 5.06 Å². The monoisotopic (exact) mass is 405 g/mol. The number of ether oxygens (including phenoxy) is 1. The highest BCUT2D eigenvalue weighted by Crippen LogP contribution is 2.44. The molecule has 1 aliphatic heterocycles. The first-order chi connectivity index (χ1) is 8.54. The van der Waals surface area contributed by atoms with Crippen LogP contribution in [-0.2, 0) is 6.42 Å². The van der Waals surface area contributed by atoms with Crippen LogP contribution < -0.4 is 4.74 Å². The highest BCUT2D eigenvalue weighted by Gasteiger charge is 2.38. The number of para-hydroxylation sites is 1. The number of alkyl halides is 2. The number of halogens is 3. The Hall–Kier alpha value is -0.320. The van der Waals surface area contributed by atoms with E-state index in [1.54, 1.807) is 0 Å². The van der Waals surface area contributed by atoms with Gasteiger partial charge in [0.1, 0.15) is 5.75 Å². The van der Waals surface area contributed by atoms with Crippen LogP contribution in [0.4, 0.5) is 0 Å². The molecule has 1 aromatic carbocycles. The molecule has 19 heavy (non-hydrogen) atoms. The number of hydrogen-bond acceptors (Lipinski definition) is 2. The van der Waals surface area contributed by atoms with Crippen LogP contribution in [0, 0.1) is 13.8 Å². The molecule has 0 saturated heterocycles. The van der Waals surface area contributed by atoms with E-state index in [1.807, 2.05) is 19.1 Å². The van der Waals surface area contributed by atoms with E-state index in [4.69, 9.17) is 21.3 Å². The Morgan fingerprint density at radius 1 is 1.42 bits per heavy atom. The number of nitrogens with zero attached hydrogens (tertiary/aromatic N) is 1. The summed E-state index contributed by atoms with van der Waals surface area (Å²) < 4.78 is 5.97. The predicted octanol–water partition coefficient (Wildman–Crippen LogP) is 4.69. The largest absolute Gasteiger partial charge is 0.470 e. The van der Waals surface area contributed by atoms with Crippen LogP contribution in [0.15, 0.2) is 18.2 Å². The van der Waals surface area contributed by atoms with E-state index in [-0.39, 0.29) is 17.0 Å². The molecule has 1 unspecified atom stereocenters. The lowest BCUT2D eigenvalue weighted by Crippen LogP contribution is -2.28. The van der Waals surface area contributed by atoms with Gasteiger partial charge in [-0.25, -0.2) is 0 Å². The summed E-state index contributed by atoms with van der Waals surface area (Å²) in [6.07, 6.45) is 0.692. The molecule has 0 saturated carbocycles. The van der Waals surface area contributed by atoms with Crippen LogP contribution in [0.3, 0.4) is 0 Å². The molecule has 2 heterocycles. The Labute approximate surface area is 136 Å². The van der Waals surface area contributed by atoms with E-state index >= 15 is 0 Å². The Kier molecular flexibility index (Phi) is 4.15. The fourth-order valence-electron chi connectivity index (χ4n) is 2.43. The third-order valence-corrected chi connectivity index (χ3v) is 4.97. The summed E-state index contributed by atoms with van der Waals surface area (Å²) in [6.45, 7) is 4.08. The fraction of sp³-hybridized carbons (Fsp3) is 0.357. The van der Waals surface area contributed by atoms with Crippen LogP contribution >= 0.6 is 44.5 Å². The molecule has 2 aromatic rings. The summed E-state index contributed by atoms with van der Waals surface area (Å²) in [5.74, 6) is 0.899. The molecular formula is C14H14Br2ClNO. The first kappa shape index (κ1) is 15.1. The van der Waals surface area contributed by atoms with Gasteiger partial charge in [-0.1, -0.05) is 39.7 Å². The molecule has 0 N–H and O–H groups in total. The molecule has 0 spiro atoms. The summed E-state index contributed by atoms with van der Waals surface area (Å²) >= 11 is 9.85.